The molecule has 68 valence electrons. The number of rotatable bonds is 2. The predicted octanol–water partition coefficient (Wildman–Crippen LogP) is 0.563. The topological polar surface area (TPSA) is 55.5 Å². The van der Waals surface area contributed by atoms with Crippen molar-refractivity contribution in [2.75, 3.05) is 18.7 Å². The van der Waals surface area contributed by atoms with E-state index >= 15 is 0 Å². The van der Waals surface area contributed by atoms with Gasteiger partial charge in [-0.15, -0.1) is 0 Å². The second-order valence-electron chi connectivity index (χ2n) is 2.03. The summed E-state index contributed by atoms with van der Waals surface area (Å²) in [7, 11) is -2.82. The third-order valence-electron chi connectivity index (χ3n) is 0.826. The van der Waals surface area contributed by atoms with Crippen molar-refractivity contribution in [1.82, 2.24) is 0 Å². The quantitative estimate of drug-likeness (QED) is 0.691. The number of nitrogens with zero attached hydrogens (tertiary/aromatic N) is 1. The fraction of sp³-hybridized carbons (Fsp3) is 1.00. The van der Waals surface area contributed by atoms with Gasteiger partial charge in [0.2, 0.25) is 0 Å². The van der Waals surface area contributed by atoms with E-state index in [0.717, 1.165) is 6.26 Å². The maximum atomic E-state index is 11.5. The van der Waals surface area contributed by atoms with Crippen LogP contribution in [0.3, 0.4) is 0 Å². The minimum absolute atomic E-state index is 0.344. The third kappa shape index (κ3) is 6.11. The van der Waals surface area contributed by atoms with Crippen LogP contribution in [-0.2, 0) is 9.73 Å². The van der Waals surface area contributed by atoms with Crippen LogP contribution >= 0.6 is 0 Å². The van der Waals surface area contributed by atoms with Crippen LogP contribution in [0.15, 0.2) is 4.36 Å². The van der Waals surface area contributed by atoms with Crippen LogP contribution in [0, 0.1) is 0 Å². The monoisotopic (exact) mass is 190 g/mol. The summed E-state index contributed by atoms with van der Waals surface area (Å²) >= 11 is 0. The molecule has 0 saturated carbocycles. The van der Waals surface area contributed by atoms with Gasteiger partial charge in [0, 0.05) is 6.26 Å². The summed E-state index contributed by atoms with van der Waals surface area (Å²) in [6.45, 7) is -1.39. The zero-order valence-corrected chi connectivity index (χ0v) is 6.71. The van der Waals surface area contributed by atoms with Gasteiger partial charge in [-0.3, -0.25) is 0 Å². The average molecular weight is 190 g/mol. The fourth-order valence-corrected chi connectivity index (χ4v) is 0.787. The molecule has 0 aromatic rings. The van der Waals surface area contributed by atoms with Gasteiger partial charge in [-0.1, -0.05) is 0 Å². The SMILES string of the molecule is CS(=O)(CN)=NCC(F)(F)F. The van der Waals surface area contributed by atoms with E-state index in [1.807, 2.05) is 0 Å². The molecule has 0 aliphatic rings. The lowest BCUT2D eigenvalue weighted by atomic mass is 10.7. The van der Waals surface area contributed by atoms with Crippen LogP contribution in [0.2, 0.25) is 0 Å². The van der Waals surface area contributed by atoms with Crippen molar-refractivity contribution in [2.45, 2.75) is 6.18 Å². The molecule has 0 amide bonds. The van der Waals surface area contributed by atoms with Crippen LogP contribution in [0.5, 0.6) is 0 Å². The minimum atomic E-state index is -4.39. The van der Waals surface area contributed by atoms with E-state index in [9.17, 15) is 17.4 Å². The largest absolute Gasteiger partial charge is 0.408 e. The van der Waals surface area contributed by atoms with Gasteiger partial charge in [0.05, 0.1) is 15.6 Å². The summed E-state index contributed by atoms with van der Waals surface area (Å²) in [5, 5.41) is 0. The molecule has 0 heterocycles. The summed E-state index contributed by atoms with van der Waals surface area (Å²) < 4.78 is 48.1. The summed E-state index contributed by atoms with van der Waals surface area (Å²) in [5.41, 5.74) is 4.90. The number of alkyl halides is 3. The van der Waals surface area contributed by atoms with Crippen LogP contribution in [0.1, 0.15) is 0 Å². The smallest absolute Gasteiger partial charge is 0.319 e. The van der Waals surface area contributed by atoms with Gasteiger partial charge in [0.15, 0.2) is 0 Å². The molecule has 1 unspecified atom stereocenters. The Morgan fingerprint density at radius 3 is 2.27 bits per heavy atom. The zero-order valence-electron chi connectivity index (χ0n) is 5.89. The Kier molecular flexibility index (Phi) is 3.30. The highest BCUT2D eigenvalue weighted by molar-refractivity contribution is 7.92. The highest BCUT2D eigenvalue weighted by atomic mass is 32.2. The van der Waals surface area contributed by atoms with Crippen LogP contribution in [0.25, 0.3) is 0 Å². The van der Waals surface area contributed by atoms with E-state index in [4.69, 9.17) is 5.73 Å². The summed E-state index contributed by atoms with van der Waals surface area (Å²) in [4.78, 5) is 0. The highest BCUT2D eigenvalue weighted by Gasteiger charge is 2.27. The average Bonchev–Trinajstić information content (AvgIpc) is 1.83. The lowest BCUT2D eigenvalue weighted by molar-refractivity contribution is -0.117. The van der Waals surface area contributed by atoms with Gasteiger partial charge in [-0.2, -0.15) is 13.2 Å². The Hall–Kier alpha value is -0.300. The Morgan fingerprint density at radius 1 is 1.55 bits per heavy atom. The minimum Gasteiger partial charge on any atom is -0.319 e. The molecule has 0 aliphatic heterocycles. The van der Waals surface area contributed by atoms with Gasteiger partial charge in [-0.05, 0) is 0 Å². The van der Waals surface area contributed by atoms with E-state index in [1.165, 1.54) is 0 Å². The third-order valence-corrected chi connectivity index (χ3v) is 2.12. The van der Waals surface area contributed by atoms with Crippen molar-refractivity contribution in [3.63, 3.8) is 0 Å². The van der Waals surface area contributed by atoms with Crippen molar-refractivity contribution >= 4 is 9.73 Å². The van der Waals surface area contributed by atoms with Gasteiger partial charge in [-0.25, -0.2) is 8.57 Å². The highest BCUT2D eigenvalue weighted by Crippen LogP contribution is 2.14. The summed E-state index contributed by atoms with van der Waals surface area (Å²) in [5.74, 6) is -0.344. The van der Waals surface area contributed by atoms with Crippen molar-refractivity contribution in [1.29, 1.82) is 0 Å². The molecule has 0 aromatic carbocycles. The first-order chi connectivity index (χ1) is 4.77. The Morgan fingerprint density at radius 2 is 2.00 bits per heavy atom. The Labute approximate surface area is 62.9 Å². The molecule has 7 heteroatoms. The Balaban J connectivity index is 4.26. The lowest BCUT2D eigenvalue weighted by Crippen LogP contribution is -2.17. The summed E-state index contributed by atoms with van der Waals surface area (Å²) in [6.07, 6.45) is -3.30. The molecule has 3 nitrogen and oxygen atoms in total. The molecule has 0 fully saturated rings. The standard InChI is InChI=1S/C4H9F3N2OS/c1-11(10,3-8)9-2-4(5,6)7/h2-3,8H2,1H3. The molecule has 0 saturated heterocycles. The van der Waals surface area contributed by atoms with E-state index in [2.05, 4.69) is 4.36 Å². The molecular weight excluding hydrogens is 181 g/mol. The predicted molar refractivity (Wildman–Crippen MR) is 36.5 cm³/mol. The molecule has 0 aromatic heterocycles. The molecule has 0 spiro atoms. The van der Waals surface area contributed by atoms with Crippen molar-refractivity contribution in [2.24, 2.45) is 10.1 Å². The van der Waals surface area contributed by atoms with Crippen molar-refractivity contribution < 1.29 is 17.4 Å². The molecule has 0 bridgehead atoms. The van der Waals surface area contributed by atoms with Crippen LogP contribution < -0.4 is 5.73 Å². The van der Waals surface area contributed by atoms with E-state index < -0.39 is 22.5 Å². The van der Waals surface area contributed by atoms with Crippen LogP contribution in [0.4, 0.5) is 13.2 Å². The van der Waals surface area contributed by atoms with Crippen LogP contribution in [-0.4, -0.2) is 29.1 Å². The number of hydrogen-bond acceptors (Lipinski definition) is 3. The maximum Gasteiger partial charge on any atom is 0.408 e. The number of halogens is 3. The lowest BCUT2D eigenvalue weighted by Gasteiger charge is -2.03. The molecular formula is C4H9F3N2OS. The fourth-order valence-electron chi connectivity index (χ4n) is 0.262. The van der Waals surface area contributed by atoms with Gasteiger partial charge >= 0.3 is 6.18 Å². The maximum absolute atomic E-state index is 11.5. The first kappa shape index (κ1) is 10.7. The van der Waals surface area contributed by atoms with E-state index in [1.54, 1.807) is 0 Å². The molecule has 0 radical (unpaired) electrons. The second kappa shape index (κ2) is 3.40. The normalized spacial score (nSPS) is 17.5. The molecule has 11 heavy (non-hydrogen) atoms. The summed E-state index contributed by atoms with van der Waals surface area (Å²) in [6, 6.07) is 0. The molecule has 0 rings (SSSR count). The molecule has 1 atom stereocenters. The van der Waals surface area contributed by atoms with Gasteiger partial charge in [0.25, 0.3) is 0 Å². The molecule has 0 aliphatic carbocycles. The van der Waals surface area contributed by atoms with Gasteiger partial charge < -0.3 is 5.73 Å². The Bertz CT molecular complexity index is 228. The second-order valence-corrected chi connectivity index (χ2v) is 4.54. The number of hydrogen-bond donors (Lipinski definition) is 1. The van der Waals surface area contributed by atoms with Crippen molar-refractivity contribution in [3.05, 3.63) is 0 Å². The van der Waals surface area contributed by atoms with E-state index in [-0.39, 0.29) is 5.88 Å². The van der Waals surface area contributed by atoms with E-state index in [0.29, 0.717) is 0 Å². The zero-order chi connectivity index (χ0) is 9.12. The molecule has 2 N–H and O–H groups in total. The van der Waals surface area contributed by atoms with Crippen molar-refractivity contribution in [3.8, 4) is 0 Å². The first-order valence-electron chi connectivity index (χ1n) is 2.69. The number of nitrogens with two attached hydrogens (primary N) is 1. The first-order valence-corrected chi connectivity index (χ1v) is 4.78. The van der Waals surface area contributed by atoms with Gasteiger partial charge in [0.1, 0.15) is 6.54 Å².